The predicted octanol–water partition coefficient (Wildman–Crippen LogP) is 5.88. The van der Waals surface area contributed by atoms with Gasteiger partial charge >= 0.3 is 14.7 Å². The van der Waals surface area contributed by atoms with Crippen LogP contribution in [0.5, 0.6) is 0 Å². The van der Waals surface area contributed by atoms with Gasteiger partial charge in [-0.25, -0.2) is 0 Å². The SMILES string of the molecule is CC[Si](C)(C)O[Si](C)(CC(F)(F)F)O[Si](CC)(CC)CC. The molecule has 0 fully saturated rings. The molecule has 0 heterocycles. The molecule has 0 bridgehead atoms. The summed E-state index contributed by atoms with van der Waals surface area (Å²) < 4.78 is 51.4. The lowest BCUT2D eigenvalue weighted by Crippen LogP contribution is -2.57. The normalized spacial score (nSPS) is 16.9. The van der Waals surface area contributed by atoms with E-state index in [0.29, 0.717) is 0 Å². The Morgan fingerprint density at radius 1 is 0.762 bits per heavy atom. The minimum Gasteiger partial charge on any atom is -0.436 e. The quantitative estimate of drug-likeness (QED) is 0.478. The molecule has 0 aromatic heterocycles. The molecule has 21 heavy (non-hydrogen) atoms. The van der Waals surface area contributed by atoms with Crippen LogP contribution in [0.2, 0.25) is 49.9 Å². The van der Waals surface area contributed by atoms with Crippen molar-refractivity contribution in [3.8, 4) is 0 Å². The van der Waals surface area contributed by atoms with Crippen LogP contribution in [0.15, 0.2) is 0 Å². The van der Waals surface area contributed by atoms with E-state index >= 15 is 0 Å². The van der Waals surface area contributed by atoms with Gasteiger partial charge in [-0.2, -0.15) is 13.2 Å². The first-order chi connectivity index (χ1) is 9.36. The molecule has 0 aromatic carbocycles. The second-order valence-corrected chi connectivity index (χ2v) is 19.5. The Bertz CT molecular complexity index is 312. The number of hydrogen-bond donors (Lipinski definition) is 0. The average molecular weight is 361 g/mol. The summed E-state index contributed by atoms with van der Waals surface area (Å²) in [5, 5.41) is 0. The zero-order valence-electron chi connectivity index (χ0n) is 14.5. The van der Waals surface area contributed by atoms with Crippen LogP contribution in [0.4, 0.5) is 13.2 Å². The topological polar surface area (TPSA) is 18.5 Å². The molecule has 0 rings (SSSR count). The Hall–Kier alpha value is 0.361. The third-order valence-electron chi connectivity index (χ3n) is 4.23. The van der Waals surface area contributed by atoms with E-state index in [4.69, 9.17) is 8.23 Å². The summed E-state index contributed by atoms with van der Waals surface area (Å²) in [6, 6.07) is 2.44. The molecule has 0 aliphatic carbocycles. The molecular weight excluding hydrogens is 329 g/mol. The van der Waals surface area contributed by atoms with Crippen LogP contribution >= 0.6 is 0 Å². The summed E-state index contributed by atoms with van der Waals surface area (Å²) in [6.07, 6.45) is -4.23. The van der Waals surface area contributed by atoms with Gasteiger partial charge in [0.15, 0.2) is 16.6 Å². The van der Waals surface area contributed by atoms with Gasteiger partial charge in [0.2, 0.25) is 0 Å². The van der Waals surface area contributed by atoms with Crippen molar-refractivity contribution >= 4 is 25.2 Å². The van der Waals surface area contributed by atoms with Gasteiger partial charge < -0.3 is 8.23 Å². The van der Waals surface area contributed by atoms with Gasteiger partial charge in [-0.05, 0) is 43.8 Å². The first-order valence-electron chi connectivity index (χ1n) is 7.83. The second kappa shape index (κ2) is 7.76. The van der Waals surface area contributed by atoms with E-state index in [1.165, 1.54) is 0 Å². The fourth-order valence-electron chi connectivity index (χ4n) is 2.54. The smallest absolute Gasteiger partial charge is 0.391 e. The molecule has 1 atom stereocenters. The minimum absolute atomic E-state index is 0.801. The van der Waals surface area contributed by atoms with Gasteiger partial charge in [-0.15, -0.1) is 0 Å². The highest BCUT2D eigenvalue weighted by Gasteiger charge is 2.50. The first kappa shape index (κ1) is 21.4. The lowest BCUT2D eigenvalue weighted by Gasteiger charge is -2.42. The second-order valence-electron chi connectivity index (χ2n) is 6.49. The van der Waals surface area contributed by atoms with Crippen molar-refractivity contribution < 1.29 is 21.4 Å². The summed E-state index contributed by atoms with van der Waals surface area (Å²) in [6.45, 7) is 13.7. The van der Waals surface area contributed by atoms with Crippen LogP contribution in [0.25, 0.3) is 0 Å². The third-order valence-corrected chi connectivity index (χ3v) is 18.2. The standard InChI is InChI=1S/C13H31F3O2Si3/c1-8-19(5,6)17-20(7,12-13(14,15)16)18-21(9-2,10-3)11-4/h8-12H2,1-7H3. The Morgan fingerprint density at radius 3 is 1.48 bits per heavy atom. The van der Waals surface area contributed by atoms with E-state index in [2.05, 4.69) is 0 Å². The maximum Gasteiger partial charge on any atom is 0.391 e. The van der Waals surface area contributed by atoms with E-state index in [1.807, 2.05) is 40.8 Å². The molecule has 0 aliphatic rings. The molecule has 0 N–H and O–H groups in total. The molecule has 0 saturated heterocycles. The van der Waals surface area contributed by atoms with Gasteiger partial charge in [-0.1, -0.05) is 27.7 Å². The summed E-state index contributed by atoms with van der Waals surface area (Å²) >= 11 is 0. The number of rotatable bonds is 9. The Labute approximate surface area is 130 Å². The highest BCUT2D eigenvalue weighted by atomic mass is 28.5. The number of hydrogen-bond acceptors (Lipinski definition) is 2. The van der Waals surface area contributed by atoms with Gasteiger partial charge in [0, 0.05) is 0 Å². The summed E-state index contributed by atoms with van der Waals surface area (Å²) in [7, 11) is -7.44. The molecule has 0 spiro atoms. The predicted molar refractivity (Wildman–Crippen MR) is 89.8 cm³/mol. The first-order valence-corrected chi connectivity index (χ1v) is 16.0. The van der Waals surface area contributed by atoms with Crippen molar-refractivity contribution in [1.82, 2.24) is 0 Å². The zero-order valence-corrected chi connectivity index (χ0v) is 17.5. The van der Waals surface area contributed by atoms with Gasteiger partial charge in [0.25, 0.3) is 0 Å². The lowest BCUT2D eigenvalue weighted by molar-refractivity contribution is -0.114. The van der Waals surface area contributed by atoms with Gasteiger partial charge in [0.05, 0.1) is 6.04 Å². The molecular formula is C13H31F3O2Si3. The Balaban J connectivity index is 5.40. The highest BCUT2D eigenvalue weighted by Crippen LogP contribution is 2.36. The van der Waals surface area contributed by atoms with Gasteiger partial charge in [0.1, 0.15) is 0 Å². The lowest BCUT2D eigenvalue weighted by atomic mass is 10.8. The summed E-state index contributed by atoms with van der Waals surface area (Å²) in [5.41, 5.74) is 0. The van der Waals surface area contributed by atoms with Crippen LogP contribution in [0.1, 0.15) is 27.7 Å². The Kier molecular flexibility index (Phi) is 7.89. The van der Waals surface area contributed by atoms with Crippen LogP contribution in [0.3, 0.4) is 0 Å². The summed E-state index contributed by atoms with van der Waals surface area (Å²) in [4.78, 5) is 0. The van der Waals surface area contributed by atoms with Crippen LogP contribution in [0, 0.1) is 0 Å². The molecule has 2 nitrogen and oxygen atoms in total. The van der Waals surface area contributed by atoms with Crippen molar-refractivity contribution in [2.45, 2.75) is 83.7 Å². The van der Waals surface area contributed by atoms with Gasteiger partial charge in [-0.3, -0.25) is 0 Å². The van der Waals surface area contributed by atoms with E-state index in [9.17, 15) is 13.2 Å². The summed E-state index contributed by atoms with van der Waals surface area (Å²) in [5.74, 6) is 0. The molecule has 0 aliphatic heterocycles. The molecule has 0 amide bonds. The molecule has 8 heteroatoms. The molecule has 0 aromatic rings. The number of alkyl halides is 3. The molecule has 0 radical (unpaired) electrons. The monoisotopic (exact) mass is 360 g/mol. The van der Waals surface area contributed by atoms with Crippen molar-refractivity contribution in [2.24, 2.45) is 0 Å². The molecule has 128 valence electrons. The van der Waals surface area contributed by atoms with Crippen molar-refractivity contribution in [2.75, 3.05) is 0 Å². The van der Waals surface area contributed by atoms with Crippen molar-refractivity contribution in [1.29, 1.82) is 0 Å². The average Bonchev–Trinajstić information content (AvgIpc) is 2.33. The largest absolute Gasteiger partial charge is 0.436 e. The third kappa shape index (κ3) is 7.45. The maximum atomic E-state index is 13.0. The maximum absolute atomic E-state index is 13.0. The fourth-order valence-corrected chi connectivity index (χ4v) is 16.5. The van der Waals surface area contributed by atoms with Crippen LogP contribution < -0.4 is 0 Å². The van der Waals surface area contributed by atoms with E-state index in [1.54, 1.807) is 6.55 Å². The zero-order chi connectivity index (χ0) is 16.9. The van der Waals surface area contributed by atoms with E-state index in [-0.39, 0.29) is 0 Å². The molecule has 0 saturated carbocycles. The minimum atomic E-state index is -4.23. The van der Waals surface area contributed by atoms with Crippen molar-refractivity contribution in [3.05, 3.63) is 0 Å². The van der Waals surface area contributed by atoms with Crippen LogP contribution in [-0.2, 0) is 8.23 Å². The van der Waals surface area contributed by atoms with Crippen LogP contribution in [-0.4, -0.2) is 31.4 Å². The molecule has 1 unspecified atom stereocenters. The van der Waals surface area contributed by atoms with E-state index in [0.717, 1.165) is 24.2 Å². The van der Waals surface area contributed by atoms with Crippen molar-refractivity contribution in [3.63, 3.8) is 0 Å². The number of halogens is 3. The Morgan fingerprint density at radius 2 is 1.19 bits per heavy atom. The fraction of sp³-hybridized carbons (Fsp3) is 1.00. The van der Waals surface area contributed by atoms with E-state index < -0.39 is 37.4 Å². The highest BCUT2D eigenvalue weighted by molar-refractivity contribution is 6.89.